The molecule has 0 radical (unpaired) electrons. The third kappa shape index (κ3) is 6.66. The second kappa shape index (κ2) is 14.3. The van der Waals surface area contributed by atoms with Crippen LogP contribution in [-0.4, -0.2) is 19.9 Å². The van der Waals surface area contributed by atoms with Crippen LogP contribution in [0.15, 0.2) is 108 Å². The summed E-state index contributed by atoms with van der Waals surface area (Å²) >= 11 is 0. The van der Waals surface area contributed by atoms with Crippen molar-refractivity contribution >= 4 is 68.4 Å². The molecule has 0 bridgehead atoms. The second-order valence-electron chi connectivity index (χ2n) is 21.6. The molecule has 0 atom stereocenters. The molecular formula is C57H61BN2O3. The van der Waals surface area contributed by atoms with Gasteiger partial charge in [0.25, 0.3) is 6.71 Å². The van der Waals surface area contributed by atoms with E-state index >= 15 is 0 Å². The molecule has 4 heterocycles. The monoisotopic (exact) mass is 832 g/mol. The fraction of sp³-hybridized carbons (Fsp3) is 0.333. The quantitative estimate of drug-likeness (QED) is 0.165. The van der Waals surface area contributed by atoms with Gasteiger partial charge in [-0.05, 0) is 128 Å². The lowest BCUT2D eigenvalue weighted by Gasteiger charge is -2.44. The number of fused-ring (bicyclic) bond motifs is 7. The highest BCUT2D eigenvalue weighted by Crippen LogP contribution is 2.52. The van der Waals surface area contributed by atoms with E-state index in [1.807, 2.05) is 0 Å². The molecule has 63 heavy (non-hydrogen) atoms. The van der Waals surface area contributed by atoms with Crippen LogP contribution in [0.5, 0.6) is 11.5 Å². The lowest BCUT2D eigenvalue weighted by molar-refractivity contribution is 0.172. The molecule has 7 aromatic rings. The molecule has 6 aromatic carbocycles. The van der Waals surface area contributed by atoms with E-state index in [1.54, 1.807) is 0 Å². The van der Waals surface area contributed by atoms with Crippen LogP contribution >= 0.6 is 0 Å². The van der Waals surface area contributed by atoms with Crippen LogP contribution in [0.3, 0.4) is 0 Å². The Labute approximate surface area is 375 Å². The molecule has 0 saturated heterocycles. The van der Waals surface area contributed by atoms with Crippen LogP contribution in [0.4, 0.5) is 34.3 Å². The zero-order valence-corrected chi connectivity index (χ0v) is 39.5. The summed E-state index contributed by atoms with van der Waals surface area (Å²) in [7, 11) is 0. The zero-order valence-electron chi connectivity index (χ0n) is 39.5. The standard InChI is InChI=1S/C57H61BN2O3/c1-33(2)37-27-46-52-47(28-37)60(53-34(3)25-40(26-35(53)4)57(11,12)13)54-51(42-30-39(56(8,9)10)20-22-48(42)63-54)58(52)43-31-49-50(62-24-23-61-49)32-45(43)59(46)44-21-19-38(55(5,6)7)29-41(44)36-17-15-14-16-18-36/h14-22,25-33H,23-24H2,1-13H3. The Bertz CT molecular complexity index is 2950. The van der Waals surface area contributed by atoms with Crippen molar-refractivity contribution in [1.29, 1.82) is 0 Å². The summed E-state index contributed by atoms with van der Waals surface area (Å²) in [5.74, 6) is 2.69. The molecule has 0 aliphatic carbocycles. The lowest BCUT2D eigenvalue weighted by Crippen LogP contribution is -2.61. The molecule has 0 saturated carbocycles. The van der Waals surface area contributed by atoms with Crippen LogP contribution < -0.4 is 35.7 Å². The molecule has 0 fully saturated rings. The van der Waals surface area contributed by atoms with Crippen molar-refractivity contribution in [2.75, 3.05) is 23.0 Å². The van der Waals surface area contributed by atoms with Crippen LogP contribution in [-0.2, 0) is 16.2 Å². The molecule has 0 unspecified atom stereocenters. The molecule has 10 rings (SSSR count). The first kappa shape index (κ1) is 41.2. The van der Waals surface area contributed by atoms with Gasteiger partial charge in [0.15, 0.2) is 11.5 Å². The third-order valence-electron chi connectivity index (χ3n) is 13.7. The highest BCUT2D eigenvalue weighted by Gasteiger charge is 2.48. The van der Waals surface area contributed by atoms with E-state index in [9.17, 15) is 0 Å². The fourth-order valence-electron chi connectivity index (χ4n) is 10.1. The van der Waals surface area contributed by atoms with Crippen molar-refractivity contribution in [3.05, 3.63) is 137 Å². The van der Waals surface area contributed by atoms with Crippen molar-refractivity contribution in [3.63, 3.8) is 0 Å². The number of hydrogen-bond acceptors (Lipinski definition) is 5. The first-order valence-electron chi connectivity index (χ1n) is 22.9. The molecule has 0 spiro atoms. The van der Waals surface area contributed by atoms with E-state index in [2.05, 4.69) is 203 Å². The number of nitrogens with zero attached hydrogens (tertiary/aromatic N) is 2. The minimum absolute atomic E-state index is 0.000216. The predicted molar refractivity (Wildman–Crippen MR) is 266 cm³/mol. The van der Waals surface area contributed by atoms with Crippen LogP contribution in [0.25, 0.3) is 22.1 Å². The molecule has 5 nitrogen and oxygen atoms in total. The average molecular weight is 833 g/mol. The summed E-state index contributed by atoms with van der Waals surface area (Å²) in [6.07, 6.45) is 0. The van der Waals surface area contributed by atoms with Gasteiger partial charge >= 0.3 is 0 Å². The van der Waals surface area contributed by atoms with Gasteiger partial charge in [-0.1, -0.05) is 131 Å². The molecule has 3 aliphatic rings. The van der Waals surface area contributed by atoms with Gasteiger partial charge in [-0.3, -0.25) is 4.90 Å². The van der Waals surface area contributed by atoms with E-state index in [0.29, 0.717) is 13.2 Å². The van der Waals surface area contributed by atoms with Gasteiger partial charge in [0.05, 0.1) is 11.4 Å². The minimum Gasteiger partial charge on any atom is -0.486 e. The topological polar surface area (TPSA) is 38.1 Å². The first-order valence-corrected chi connectivity index (χ1v) is 22.9. The fourth-order valence-corrected chi connectivity index (χ4v) is 10.1. The molecule has 0 amide bonds. The number of aryl methyl sites for hydroxylation is 2. The van der Waals surface area contributed by atoms with E-state index in [4.69, 9.17) is 13.9 Å². The molecular weight excluding hydrogens is 771 g/mol. The number of rotatable bonds is 4. The summed E-state index contributed by atoms with van der Waals surface area (Å²) < 4.78 is 20.2. The Balaban J connectivity index is 1.37. The van der Waals surface area contributed by atoms with Crippen molar-refractivity contribution < 1.29 is 13.9 Å². The van der Waals surface area contributed by atoms with Crippen LogP contribution in [0.1, 0.15) is 115 Å². The Kier molecular flexibility index (Phi) is 9.36. The van der Waals surface area contributed by atoms with Crippen molar-refractivity contribution in [3.8, 4) is 22.6 Å². The summed E-state index contributed by atoms with van der Waals surface area (Å²) in [5, 5.41) is 1.15. The zero-order chi connectivity index (χ0) is 44.5. The Hall–Kier alpha value is -5.88. The van der Waals surface area contributed by atoms with Gasteiger partial charge in [0.2, 0.25) is 5.88 Å². The smallest absolute Gasteiger partial charge is 0.257 e. The maximum atomic E-state index is 7.30. The van der Waals surface area contributed by atoms with E-state index < -0.39 is 0 Å². The summed E-state index contributed by atoms with van der Waals surface area (Å²) in [4.78, 5) is 5.02. The summed E-state index contributed by atoms with van der Waals surface area (Å²) in [6.45, 7) is 30.7. The maximum absolute atomic E-state index is 7.30. The summed E-state index contributed by atoms with van der Waals surface area (Å²) in [6, 6.07) is 39.1. The van der Waals surface area contributed by atoms with Crippen molar-refractivity contribution in [1.82, 2.24) is 0 Å². The van der Waals surface area contributed by atoms with Gasteiger partial charge in [0.1, 0.15) is 18.8 Å². The normalized spacial score (nSPS) is 14.6. The van der Waals surface area contributed by atoms with Gasteiger partial charge in [-0.2, -0.15) is 0 Å². The van der Waals surface area contributed by atoms with E-state index in [1.165, 1.54) is 72.3 Å². The molecule has 1 aromatic heterocycles. The number of benzene rings is 6. The minimum atomic E-state index is -0.163. The molecule has 3 aliphatic heterocycles. The first-order chi connectivity index (χ1) is 29.8. The number of furan rings is 1. The number of ether oxygens (including phenoxy) is 2. The van der Waals surface area contributed by atoms with E-state index in [0.717, 1.165) is 45.4 Å². The lowest BCUT2D eigenvalue weighted by atomic mass is 9.33. The Morgan fingerprint density at radius 2 is 1.14 bits per heavy atom. The van der Waals surface area contributed by atoms with Gasteiger partial charge in [-0.25, -0.2) is 0 Å². The van der Waals surface area contributed by atoms with Gasteiger partial charge in [0, 0.05) is 39.5 Å². The third-order valence-corrected chi connectivity index (χ3v) is 13.7. The largest absolute Gasteiger partial charge is 0.486 e. The summed E-state index contributed by atoms with van der Waals surface area (Å²) in [5.41, 5.74) is 20.1. The average Bonchev–Trinajstić information content (AvgIpc) is 3.61. The van der Waals surface area contributed by atoms with Crippen LogP contribution in [0.2, 0.25) is 0 Å². The predicted octanol–water partition coefficient (Wildman–Crippen LogP) is 13.6. The SMILES string of the molecule is Cc1cc(C(C)(C)C)cc(C)c1N1c2cc(C(C)C)cc3c2B(c2cc4c(cc2N3c2ccc(C(C)(C)C)cc2-c2ccccc2)OCCO4)c2c1oc1ccc(C(C)(C)C)cc21. The van der Waals surface area contributed by atoms with E-state index in [-0.39, 0.29) is 28.9 Å². The Morgan fingerprint density at radius 3 is 1.76 bits per heavy atom. The molecule has 320 valence electrons. The maximum Gasteiger partial charge on any atom is 0.257 e. The highest BCUT2D eigenvalue weighted by molar-refractivity contribution is 7.01. The van der Waals surface area contributed by atoms with Gasteiger partial charge in [-0.15, -0.1) is 0 Å². The van der Waals surface area contributed by atoms with Crippen molar-refractivity contribution in [2.45, 2.75) is 112 Å². The number of anilines is 6. The van der Waals surface area contributed by atoms with Crippen molar-refractivity contribution in [2.24, 2.45) is 0 Å². The van der Waals surface area contributed by atoms with Crippen LogP contribution in [0, 0.1) is 13.8 Å². The second-order valence-corrected chi connectivity index (χ2v) is 21.6. The molecule has 6 heteroatoms. The molecule has 0 N–H and O–H groups in total. The van der Waals surface area contributed by atoms with Gasteiger partial charge < -0.3 is 18.8 Å². The highest BCUT2D eigenvalue weighted by atomic mass is 16.6. The Morgan fingerprint density at radius 1 is 0.556 bits per heavy atom. The number of hydrogen-bond donors (Lipinski definition) is 0.